The summed E-state index contributed by atoms with van der Waals surface area (Å²) in [5.74, 6) is 0.0619. The third-order valence-electron chi connectivity index (χ3n) is 2.49. The number of halogens is 1. The fourth-order valence-corrected chi connectivity index (χ4v) is 2.02. The summed E-state index contributed by atoms with van der Waals surface area (Å²) in [6.07, 6.45) is 0. The third-order valence-corrected chi connectivity index (χ3v) is 2.99. The number of carbonyl (C=O) groups excluding carboxylic acids is 1. The number of carbonyl (C=O) groups is 1. The van der Waals surface area contributed by atoms with Crippen molar-refractivity contribution >= 4 is 21.7 Å². The number of fused-ring (bicyclic) bond motifs is 1. The van der Waals surface area contributed by atoms with Gasteiger partial charge in [0.15, 0.2) is 5.78 Å². The molecule has 1 aliphatic rings. The summed E-state index contributed by atoms with van der Waals surface area (Å²) in [5, 5.41) is 0. The fraction of sp³-hybridized carbons (Fsp3) is 0.364. The monoisotopic (exact) mass is 254 g/mol. The maximum atomic E-state index is 11.5. The zero-order chi connectivity index (χ0) is 10.3. The molecule has 1 aromatic carbocycles. The predicted octanol–water partition coefficient (Wildman–Crippen LogP) is 2.90. The first kappa shape index (κ1) is 9.87. The standard InChI is InChI=1S/C11H11BrO2/c1-11(2)9-5-7(12)3-4-8(9)10(13)6-14-11/h3-5H,6H2,1-2H3. The highest BCUT2D eigenvalue weighted by molar-refractivity contribution is 9.10. The van der Waals surface area contributed by atoms with Crippen LogP contribution in [0.15, 0.2) is 22.7 Å². The number of ketones is 1. The van der Waals surface area contributed by atoms with E-state index in [1.165, 1.54) is 0 Å². The lowest BCUT2D eigenvalue weighted by Gasteiger charge is -2.32. The number of benzene rings is 1. The van der Waals surface area contributed by atoms with Crippen molar-refractivity contribution in [1.29, 1.82) is 0 Å². The fourth-order valence-electron chi connectivity index (χ4n) is 1.66. The van der Waals surface area contributed by atoms with E-state index in [1.807, 2.05) is 32.0 Å². The molecule has 1 aromatic rings. The molecule has 0 spiro atoms. The van der Waals surface area contributed by atoms with Crippen molar-refractivity contribution in [3.05, 3.63) is 33.8 Å². The molecule has 0 aromatic heterocycles. The highest BCUT2D eigenvalue weighted by Crippen LogP contribution is 2.33. The molecule has 1 heterocycles. The topological polar surface area (TPSA) is 26.3 Å². The number of rotatable bonds is 0. The molecule has 3 heteroatoms. The Morgan fingerprint density at radius 1 is 1.43 bits per heavy atom. The molecular formula is C11H11BrO2. The maximum Gasteiger partial charge on any atom is 0.188 e. The van der Waals surface area contributed by atoms with E-state index in [-0.39, 0.29) is 18.0 Å². The molecule has 74 valence electrons. The molecule has 0 atom stereocenters. The molecule has 0 N–H and O–H groups in total. The molecule has 0 saturated carbocycles. The second-order valence-corrected chi connectivity index (χ2v) is 4.83. The van der Waals surface area contributed by atoms with Crippen LogP contribution in [-0.2, 0) is 10.3 Å². The Kier molecular flexibility index (Phi) is 2.24. The van der Waals surface area contributed by atoms with Crippen molar-refractivity contribution in [2.24, 2.45) is 0 Å². The van der Waals surface area contributed by atoms with E-state index in [0.29, 0.717) is 0 Å². The molecule has 1 aliphatic heterocycles. The van der Waals surface area contributed by atoms with E-state index < -0.39 is 0 Å². The van der Waals surface area contributed by atoms with Gasteiger partial charge in [-0.3, -0.25) is 4.79 Å². The molecule has 14 heavy (non-hydrogen) atoms. The van der Waals surface area contributed by atoms with Crippen LogP contribution in [0.25, 0.3) is 0 Å². The highest BCUT2D eigenvalue weighted by atomic mass is 79.9. The van der Waals surface area contributed by atoms with Crippen LogP contribution in [0.2, 0.25) is 0 Å². The van der Waals surface area contributed by atoms with Crippen LogP contribution in [0.3, 0.4) is 0 Å². The Hall–Kier alpha value is -0.670. The minimum absolute atomic E-state index is 0.0619. The van der Waals surface area contributed by atoms with Crippen molar-refractivity contribution in [3.8, 4) is 0 Å². The summed E-state index contributed by atoms with van der Waals surface area (Å²) in [6, 6.07) is 5.69. The second kappa shape index (κ2) is 3.17. The molecule has 2 rings (SSSR count). The van der Waals surface area contributed by atoms with Crippen molar-refractivity contribution in [2.75, 3.05) is 6.61 Å². The van der Waals surface area contributed by atoms with Gasteiger partial charge in [-0.15, -0.1) is 0 Å². The van der Waals surface area contributed by atoms with Crippen molar-refractivity contribution in [3.63, 3.8) is 0 Å². The summed E-state index contributed by atoms with van der Waals surface area (Å²) in [4.78, 5) is 11.5. The van der Waals surface area contributed by atoms with Gasteiger partial charge in [-0.1, -0.05) is 15.9 Å². The molecule has 0 aliphatic carbocycles. The zero-order valence-electron chi connectivity index (χ0n) is 8.13. The first-order chi connectivity index (χ1) is 6.50. The third kappa shape index (κ3) is 1.51. The van der Waals surface area contributed by atoms with Gasteiger partial charge >= 0.3 is 0 Å². The summed E-state index contributed by atoms with van der Waals surface area (Å²) >= 11 is 3.40. The molecule has 0 radical (unpaired) electrons. The number of hydrogen-bond donors (Lipinski definition) is 0. The van der Waals surface area contributed by atoms with Crippen LogP contribution in [-0.4, -0.2) is 12.4 Å². The van der Waals surface area contributed by atoms with Gasteiger partial charge in [0.2, 0.25) is 0 Å². The van der Waals surface area contributed by atoms with Crippen LogP contribution in [0.1, 0.15) is 29.8 Å². The van der Waals surface area contributed by atoms with Crippen LogP contribution in [0, 0.1) is 0 Å². The minimum atomic E-state index is -0.368. The van der Waals surface area contributed by atoms with Crippen molar-refractivity contribution in [1.82, 2.24) is 0 Å². The van der Waals surface area contributed by atoms with Gasteiger partial charge in [-0.25, -0.2) is 0 Å². The van der Waals surface area contributed by atoms with E-state index in [0.717, 1.165) is 15.6 Å². The molecule has 0 amide bonds. The van der Waals surface area contributed by atoms with Crippen molar-refractivity contribution < 1.29 is 9.53 Å². The first-order valence-electron chi connectivity index (χ1n) is 4.48. The SMILES string of the molecule is CC1(C)OCC(=O)c2ccc(Br)cc21. The quantitative estimate of drug-likeness (QED) is 0.712. The van der Waals surface area contributed by atoms with Gasteiger partial charge in [-0.05, 0) is 37.6 Å². The molecule has 0 saturated heterocycles. The van der Waals surface area contributed by atoms with E-state index >= 15 is 0 Å². The molecule has 2 nitrogen and oxygen atoms in total. The van der Waals surface area contributed by atoms with Crippen LogP contribution < -0.4 is 0 Å². The van der Waals surface area contributed by atoms with Crippen molar-refractivity contribution in [2.45, 2.75) is 19.4 Å². The molecular weight excluding hydrogens is 244 g/mol. The molecule has 0 fully saturated rings. The van der Waals surface area contributed by atoms with E-state index in [2.05, 4.69) is 15.9 Å². The smallest absolute Gasteiger partial charge is 0.188 e. The summed E-state index contributed by atoms with van der Waals surface area (Å²) in [7, 11) is 0. The Labute approximate surface area is 91.4 Å². The Morgan fingerprint density at radius 2 is 2.14 bits per heavy atom. The number of ether oxygens (including phenoxy) is 1. The highest BCUT2D eigenvalue weighted by Gasteiger charge is 2.32. The van der Waals surface area contributed by atoms with Crippen LogP contribution >= 0.6 is 15.9 Å². The largest absolute Gasteiger partial charge is 0.363 e. The summed E-state index contributed by atoms with van der Waals surface area (Å²) < 4.78 is 6.46. The minimum Gasteiger partial charge on any atom is -0.363 e. The maximum absolute atomic E-state index is 11.5. The lowest BCUT2D eigenvalue weighted by molar-refractivity contribution is -0.0220. The van der Waals surface area contributed by atoms with Crippen LogP contribution in [0.5, 0.6) is 0 Å². The van der Waals surface area contributed by atoms with E-state index in [1.54, 1.807) is 0 Å². The second-order valence-electron chi connectivity index (χ2n) is 3.91. The predicted molar refractivity (Wildman–Crippen MR) is 57.5 cm³/mol. The lowest BCUT2D eigenvalue weighted by atomic mass is 9.89. The zero-order valence-corrected chi connectivity index (χ0v) is 9.72. The van der Waals surface area contributed by atoms with Gasteiger partial charge in [0.1, 0.15) is 6.61 Å². The first-order valence-corrected chi connectivity index (χ1v) is 5.27. The average Bonchev–Trinajstić information content (AvgIpc) is 2.12. The molecule has 0 unspecified atom stereocenters. The van der Waals surface area contributed by atoms with E-state index in [4.69, 9.17) is 4.74 Å². The van der Waals surface area contributed by atoms with Gasteiger partial charge < -0.3 is 4.74 Å². The lowest BCUT2D eigenvalue weighted by Crippen LogP contribution is -2.33. The van der Waals surface area contributed by atoms with Gasteiger partial charge in [-0.2, -0.15) is 0 Å². The average molecular weight is 255 g/mol. The van der Waals surface area contributed by atoms with Crippen LogP contribution in [0.4, 0.5) is 0 Å². The van der Waals surface area contributed by atoms with Gasteiger partial charge in [0.05, 0.1) is 5.60 Å². The number of Topliss-reactive ketones (excluding diaryl/α,β-unsaturated/α-hetero) is 1. The summed E-state index contributed by atoms with van der Waals surface area (Å²) in [6.45, 7) is 4.14. The van der Waals surface area contributed by atoms with Gasteiger partial charge in [0, 0.05) is 10.0 Å². The molecule has 0 bridgehead atoms. The Morgan fingerprint density at radius 3 is 2.86 bits per heavy atom. The normalized spacial score (nSPS) is 19.2. The Balaban J connectivity index is 2.64. The summed E-state index contributed by atoms with van der Waals surface area (Å²) in [5.41, 5.74) is 1.38. The van der Waals surface area contributed by atoms with Gasteiger partial charge in [0.25, 0.3) is 0 Å². The number of hydrogen-bond acceptors (Lipinski definition) is 2. The van der Waals surface area contributed by atoms with E-state index in [9.17, 15) is 4.79 Å². The Bertz CT molecular complexity index is 396.